The van der Waals surface area contributed by atoms with Gasteiger partial charge in [-0.1, -0.05) is 36.4 Å². The molecule has 1 heterocycles. The summed E-state index contributed by atoms with van der Waals surface area (Å²) in [5.41, 5.74) is 11.8. The van der Waals surface area contributed by atoms with E-state index >= 15 is 0 Å². The topological polar surface area (TPSA) is 46.3 Å². The number of piperidine rings is 1. The number of nitrogen functional groups attached to an aromatic ring is 1. The summed E-state index contributed by atoms with van der Waals surface area (Å²) in [6, 6.07) is 14.5. The standard InChI is InChI=1S/C22H28N2O/c1-16-8-7-10-19(17(16)2)21-12-5-6-15-24(21)22(25)14-13-18-9-3-4-11-20(18)23/h3-4,7-11,21H,5-6,12-15,23H2,1-2H3. The average molecular weight is 336 g/mol. The Hall–Kier alpha value is -2.29. The predicted octanol–water partition coefficient (Wildman–Crippen LogP) is 4.57. The number of hydrogen-bond acceptors (Lipinski definition) is 2. The van der Waals surface area contributed by atoms with Gasteiger partial charge >= 0.3 is 0 Å². The van der Waals surface area contributed by atoms with Gasteiger partial charge < -0.3 is 10.6 Å². The van der Waals surface area contributed by atoms with Crippen LogP contribution in [0.4, 0.5) is 5.69 Å². The molecule has 2 aromatic rings. The predicted molar refractivity (Wildman–Crippen MR) is 103 cm³/mol. The Morgan fingerprint density at radius 2 is 1.92 bits per heavy atom. The minimum atomic E-state index is 0.217. The quantitative estimate of drug-likeness (QED) is 0.831. The molecule has 2 N–H and O–H groups in total. The summed E-state index contributed by atoms with van der Waals surface area (Å²) in [6.07, 6.45) is 4.58. The minimum Gasteiger partial charge on any atom is -0.399 e. The number of rotatable bonds is 4. The van der Waals surface area contributed by atoms with Gasteiger partial charge in [-0.05, 0) is 67.9 Å². The highest BCUT2D eigenvalue weighted by atomic mass is 16.2. The lowest BCUT2D eigenvalue weighted by Gasteiger charge is -2.37. The van der Waals surface area contributed by atoms with Crippen molar-refractivity contribution in [3.63, 3.8) is 0 Å². The summed E-state index contributed by atoms with van der Waals surface area (Å²) in [5.74, 6) is 0.244. The van der Waals surface area contributed by atoms with Crippen LogP contribution in [0.2, 0.25) is 0 Å². The molecule has 3 rings (SSSR count). The van der Waals surface area contributed by atoms with Gasteiger partial charge in [0.2, 0.25) is 5.91 Å². The number of benzene rings is 2. The van der Waals surface area contributed by atoms with E-state index in [1.807, 2.05) is 24.3 Å². The Morgan fingerprint density at radius 1 is 1.12 bits per heavy atom. The van der Waals surface area contributed by atoms with E-state index in [9.17, 15) is 4.79 Å². The fraction of sp³-hybridized carbons (Fsp3) is 0.409. The zero-order chi connectivity index (χ0) is 17.8. The Labute approximate surface area is 150 Å². The Bertz CT molecular complexity index is 753. The number of likely N-dealkylation sites (tertiary alicyclic amines) is 1. The zero-order valence-corrected chi connectivity index (χ0v) is 15.3. The molecule has 1 fully saturated rings. The highest BCUT2D eigenvalue weighted by Gasteiger charge is 2.28. The molecule has 1 amide bonds. The number of nitrogens with zero attached hydrogens (tertiary/aromatic N) is 1. The van der Waals surface area contributed by atoms with Crippen LogP contribution in [0.1, 0.15) is 54.0 Å². The van der Waals surface area contributed by atoms with Gasteiger partial charge in [-0.2, -0.15) is 0 Å². The van der Waals surface area contributed by atoms with Gasteiger partial charge in [-0.3, -0.25) is 4.79 Å². The van der Waals surface area contributed by atoms with Crippen molar-refractivity contribution in [2.45, 2.75) is 52.0 Å². The van der Waals surface area contributed by atoms with Crippen molar-refractivity contribution in [1.29, 1.82) is 0 Å². The highest BCUT2D eigenvalue weighted by Crippen LogP contribution is 2.34. The number of amides is 1. The SMILES string of the molecule is Cc1cccc(C2CCCCN2C(=O)CCc2ccccc2N)c1C. The first kappa shape index (κ1) is 17.5. The number of para-hydroxylation sites is 1. The van der Waals surface area contributed by atoms with Crippen molar-refractivity contribution in [3.05, 3.63) is 64.7 Å². The van der Waals surface area contributed by atoms with Gasteiger partial charge in [-0.25, -0.2) is 0 Å². The molecule has 1 aliphatic rings. The molecule has 0 spiro atoms. The molecule has 0 aliphatic carbocycles. The Morgan fingerprint density at radius 3 is 2.72 bits per heavy atom. The number of carbonyl (C=O) groups is 1. The summed E-state index contributed by atoms with van der Waals surface area (Å²) in [6.45, 7) is 5.18. The molecule has 0 radical (unpaired) electrons. The maximum absolute atomic E-state index is 12.9. The van der Waals surface area contributed by atoms with Crippen LogP contribution in [0, 0.1) is 13.8 Å². The van der Waals surface area contributed by atoms with E-state index in [0.29, 0.717) is 12.8 Å². The van der Waals surface area contributed by atoms with Crippen LogP contribution in [0.15, 0.2) is 42.5 Å². The van der Waals surface area contributed by atoms with Gasteiger partial charge in [0.05, 0.1) is 6.04 Å². The molecule has 3 nitrogen and oxygen atoms in total. The van der Waals surface area contributed by atoms with Crippen molar-refractivity contribution >= 4 is 11.6 Å². The lowest BCUT2D eigenvalue weighted by molar-refractivity contribution is -0.135. The van der Waals surface area contributed by atoms with Gasteiger partial charge in [0.25, 0.3) is 0 Å². The first-order chi connectivity index (χ1) is 12.1. The van der Waals surface area contributed by atoms with Crippen molar-refractivity contribution < 1.29 is 4.79 Å². The van der Waals surface area contributed by atoms with Crippen LogP contribution in [0.5, 0.6) is 0 Å². The summed E-state index contributed by atoms with van der Waals surface area (Å²) >= 11 is 0. The summed E-state index contributed by atoms with van der Waals surface area (Å²) in [4.78, 5) is 15.0. The number of anilines is 1. The van der Waals surface area contributed by atoms with Gasteiger partial charge in [0, 0.05) is 18.7 Å². The molecule has 132 valence electrons. The molecule has 1 unspecified atom stereocenters. The van der Waals surface area contributed by atoms with Gasteiger partial charge in [0.1, 0.15) is 0 Å². The van der Waals surface area contributed by atoms with Crippen molar-refractivity contribution in [2.24, 2.45) is 0 Å². The normalized spacial score (nSPS) is 17.5. The van der Waals surface area contributed by atoms with E-state index in [1.165, 1.54) is 23.1 Å². The summed E-state index contributed by atoms with van der Waals surface area (Å²) in [7, 11) is 0. The molecular weight excluding hydrogens is 308 g/mol. The van der Waals surface area contributed by atoms with Crippen LogP contribution in [0.25, 0.3) is 0 Å². The number of aryl methyl sites for hydroxylation is 2. The van der Waals surface area contributed by atoms with Crippen LogP contribution >= 0.6 is 0 Å². The van der Waals surface area contributed by atoms with Crippen molar-refractivity contribution in [2.75, 3.05) is 12.3 Å². The minimum absolute atomic E-state index is 0.217. The highest BCUT2D eigenvalue weighted by molar-refractivity contribution is 5.77. The molecule has 0 saturated carbocycles. The molecule has 0 aromatic heterocycles. The third-order valence-corrected chi connectivity index (χ3v) is 5.49. The average Bonchev–Trinajstić information content (AvgIpc) is 2.63. The second-order valence-corrected chi connectivity index (χ2v) is 7.09. The Balaban J connectivity index is 1.75. The van der Waals surface area contributed by atoms with Gasteiger partial charge in [0.15, 0.2) is 0 Å². The van der Waals surface area contributed by atoms with E-state index in [-0.39, 0.29) is 11.9 Å². The second-order valence-electron chi connectivity index (χ2n) is 7.09. The molecular formula is C22H28N2O. The second kappa shape index (κ2) is 7.73. The van der Waals surface area contributed by atoms with Crippen LogP contribution in [-0.4, -0.2) is 17.4 Å². The number of hydrogen-bond donors (Lipinski definition) is 1. The smallest absolute Gasteiger partial charge is 0.223 e. The fourth-order valence-corrected chi connectivity index (χ4v) is 3.84. The van der Waals surface area contributed by atoms with E-state index < -0.39 is 0 Å². The maximum atomic E-state index is 12.9. The van der Waals surface area contributed by atoms with Gasteiger partial charge in [-0.15, -0.1) is 0 Å². The van der Waals surface area contributed by atoms with E-state index in [4.69, 9.17) is 5.73 Å². The lowest BCUT2D eigenvalue weighted by atomic mass is 9.90. The van der Waals surface area contributed by atoms with Crippen LogP contribution in [-0.2, 0) is 11.2 Å². The molecule has 1 atom stereocenters. The fourth-order valence-electron chi connectivity index (χ4n) is 3.84. The number of nitrogens with two attached hydrogens (primary N) is 1. The maximum Gasteiger partial charge on any atom is 0.223 e. The molecule has 0 bridgehead atoms. The summed E-state index contributed by atoms with van der Waals surface area (Å²) in [5, 5.41) is 0. The third-order valence-electron chi connectivity index (χ3n) is 5.49. The number of carbonyl (C=O) groups excluding carboxylic acids is 1. The van der Waals surface area contributed by atoms with Crippen molar-refractivity contribution in [3.8, 4) is 0 Å². The van der Waals surface area contributed by atoms with E-state index in [1.54, 1.807) is 0 Å². The molecule has 1 saturated heterocycles. The molecule has 3 heteroatoms. The Kier molecular flexibility index (Phi) is 5.42. The lowest BCUT2D eigenvalue weighted by Crippen LogP contribution is -2.39. The van der Waals surface area contributed by atoms with E-state index in [2.05, 4.69) is 36.9 Å². The van der Waals surface area contributed by atoms with E-state index in [0.717, 1.165) is 30.6 Å². The largest absolute Gasteiger partial charge is 0.399 e. The molecule has 1 aliphatic heterocycles. The van der Waals surface area contributed by atoms with Crippen LogP contribution < -0.4 is 5.73 Å². The van der Waals surface area contributed by atoms with Crippen LogP contribution in [0.3, 0.4) is 0 Å². The first-order valence-electron chi connectivity index (χ1n) is 9.27. The monoisotopic (exact) mass is 336 g/mol. The zero-order valence-electron chi connectivity index (χ0n) is 15.3. The summed E-state index contributed by atoms with van der Waals surface area (Å²) < 4.78 is 0. The van der Waals surface area contributed by atoms with Crippen molar-refractivity contribution in [1.82, 2.24) is 4.90 Å². The molecule has 2 aromatic carbocycles. The molecule has 25 heavy (non-hydrogen) atoms. The first-order valence-corrected chi connectivity index (χ1v) is 9.27. The third kappa shape index (κ3) is 3.87.